The van der Waals surface area contributed by atoms with E-state index in [2.05, 4.69) is 37.9 Å². The van der Waals surface area contributed by atoms with E-state index < -0.39 is 0 Å². The van der Waals surface area contributed by atoms with E-state index in [0.717, 1.165) is 37.1 Å². The second kappa shape index (κ2) is 6.20. The molecule has 1 saturated heterocycles. The Morgan fingerprint density at radius 2 is 2.11 bits per heavy atom. The SMILES string of the molecule is NC(=O)CN1CCCN(c2cccc(Br)c2)CC1. The molecule has 5 heteroatoms. The van der Waals surface area contributed by atoms with Crippen molar-refractivity contribution in [2.75, 3.05) is 37.6 Å². The van der Waals surface area contributed by atoms with Gasteiger partial charge in [-0.25, -0.2) is 0 Å². The summed E-state index contributed by atoms with van der Waals surface area (Å²) in [6.45, 7) is 4.14. The van der Waals surface area contributed by atoms with Gasteiger partial charge in [0.2, 0.25) is 5.91 Å². The normalized spacial score (nSPS) is 17.5. The van der Waals surface area contributed by atoms with Gasteiger partial charge in [-0.3, -0.25) is 9.69 Å². The summed E-state index contributed by atoms with van der Waals surface area (Å²) in [4.78, 5) is 15.4. The fraction of sp³-hybridized carbons (Fsp3) is 0.462. The van der Waals surface area contributed by atoms with Crippen molar-refractivity contribution in [1.29, 1.82) is 0 Å². The molecule has 0 aliphatic carbocycles. The third-order valence-corrected chi connectivity index (χ3v) is 3.63. The molecule has 0 radical (unpaired) electrons. The van der Waals surface area contributed by atoms with E-state index in [1.807, 2.05) is 12.1 Å². The Bertz CT molecular complexity index is 424. The molecule has 1 aromatic rings. The highest BCUT2D eigenvalue weighted by Crippen LogP contribution is 2.21. The molecular formula is C13H18BrN3O. The average molecular weight is 312 g/mol. The van der Waals surface area contributed by atoms with Crippen LogP contribution in [0.15, 0.2) is 28.7 Å². The molecule has 2 N–H and O–H groups in total. The van der Waals surface area contributed by atoms with E-state index >= 15 is 0 Å². The first-order chi connectivity index (χ1) is 8.65. The molecule has 0 spiro atoms. The monoisotopic (exact) mass is 311 g/mol. The molecule has 0 unspecified atom stereocenters. The minimum Gasteiger partial charge on any atom is -0.370 e. The molecule has 1 fully saturated rings. The summed E-state index contributed by atoms with van der Waals surface area (Å²) in [5.41, 5.74) is 6.47. The number of carbonyl (C=O) groups is 1. The minimum atomic E-state index is -0.245. The summed E-state index contributed by atoms with van der Waals surface area (Å²) in [5.74, 6) is -0.245. The molecule has 0 saturated carbocycles. The molecule has 1 amide bonds. The maximum absolute atomic E-state index is 10.9. The van der Waals surface area contributed by atoms with Gasteiger partial charge in [-0.15, -0.1) is 0 Å². The number of hydrogen-bond donors (Lipinski definition) is 1. The van der Waals surface area contributed by atoms with E-state index in [1.54, 1.807) is 0 Å². The largest absolute Gasteiger partial charge is 0.370 e. The molecule has 0 atom stereocenters. The van der Waals surface area contributed by atoms with Gasteiger partial charge >= 0.3 is 0 Å². The quantitative estimate of drug-likeness (QED) is 0.919. The Kier molecular flexibility index (Phi) is 4.60. The van der Waals surface area contributed by atoms with Gasteiger partial charge in [0.1, 0.15) is 0 Å². The molecule has 4 nitrogen and oxygen atoms in total. The van der Waals surface area contributed by atoms with Crippen molar-refractivity contribution in [2.45, 2.75) is 6.42 Å². The second-order valence-corrected chi connectivity index (χ2v) is 5.48. The van der Waals surface area contributed by atoms with Crippen molar-refractivity contribution in [1.82, 2.24) is 4.90 Å². The molecule has 1 heterocycles. The summed E-state index contributed by atoms with van der Waals surface area (Å²) in [7, 11) is 0. The number of rotatable bonds is 3. The number of hydrogen-bond acceptors (Lipinski definition) is 3. The number of benzene rings is 1. The van der Waals surface area contributed by atoms with Crippen LogP contribution in [0.25, 0.3) is 0 Å². The van der Waals surface area contributed by atoms with E-state index in [9.17, 15) is 4.79 Å². The average Bonchev–Trinajstić information content (AvgIpc) is 2.54. The van der Waals surface area contributed by atoms with Crippen LogP contribution >= 0.6 is 15.9 Å². The fourth-order valence-electron chi connectivity index (χ4n) is 2.28. The predicted molar refractivity (Wildman–Crippen MR) is 76.6 cm³/mol. The number of nitrogens with two attached hydrogens (primary N) is 1. The maximum atomic E-state index is 10.9. The van der Waals surface area contributed by atoms with Crippen LogP contribution in [-0.2, 0) is 4.79 Å². The number of halogens is 1. The van der Waals surface area contributed by atoms with Crippen molar-refractivity contribution in [3.63, 3.8) is 0 Å². The van der Waals surface area contributed by atoms with Gasteiger partial charge in [-0.2, -0.15) is 0 Å². The van der Waals surface area contributed by atoms with Crippen LogP contribution in [0.3, 0.4) is 0 Å². The standard InChI is InChI=1S/C13H18BrN3O/c14-11-3-1-4-12(9-11)17-6-2-5-16(7-8-17)10-13(15)18/h1,3-4,9H,2,5-8,10H2,(H2,15,18). The number of carbonyl (C=O) groups excluding carboxylic acids is 1. The summed E-state index contributed by atoms with van der Waals surface area (Å²) in [6, 6.07) is 8.32. The molecule has 2 rings (SSSR count). The van der Waals surface area contributed by atoms with Crippen LogP contribution in [0.4, 0.5) is 5.69 Å². The predicted octanol–water partition coefficient (Wildman–Crippen LogP) is 1.45. The number of primary amides is 1. The zero-order chi connectivity index (χ0) is 13.0. The number of anilines is 1. The highest BCUT2D eigenvalue weighted by atomic mass is 79.9. The van der Waals surface area contributed by atoms with Crippen molar-refractivity contribution < 1.29 is 4.79 Å². The topological polar surface area (TPSA) is 49.6 Å². The van der Waals surface area contributed by atoms with Gasteiger partial charge in [-0.1, -0.05) is 22.0 Å². The Morgan fingerprint density at radius 1 is 1.28 bits per heavy atom. The Labute approximate surface area is 116 Å². The van der Waals surface area contributed by atoms with Gasteiger partial charge in [0, 0.05) is 36.3 Å². The van der Waals surface area contributed by atoms with Crippen molar-refractivity contribution in [3.8, 4) is 0 Å². The molecule has 1 aliphatic heterocycles. The van der Waals surface area contributed by atoms with Crippen LogP contribution in [0.1, 0.15) is 6.42 Å². The molecule has 18 heavy (non-hydrogen) atoms. The minimum absolute atomic E-state index is 0.245. The lowest BCUT2D eigenvalue weighted by molar-refractivity contribution is -0.119. The van der Waals surface area contributed by atoms with Crippen molar-refractivity contribution >= 4 is 27.5 Å². The Morgan fingerprint density at radius 3 is 2.83 bits per heavy atom. The number of amides is 1. The van der Waals surface area contributed by atoms with Crippen LogP contribution < -0.4 is 10.6 Å². The summed E-state index contributed by atoms with van der Waals surface area (Å²) in [6.07, 6.45) is 1.06. The van der Waals surface area contributed by atoms with Gasteiger partial charge in [0.25, 0.3) is 0 Å². The van der Waals surface area contributed by atoms with E-state index in [4.69, 9.17) is 5.73 Å². The lowest BCUT2D eigenvalue weighted by Crippen LogP contribution is -2.36. The van der Waals surface area contributed by atoms with Gasteiger partial charge in [0.15, 0.2) is 0 Å². The van der Waals surface area contributed by atoms with Crippen molar-refractivity contribution in [3.05, 3.63) is 28.7 Å². The van der Waals surface area contributed by atoms with Crippen LogP contribution in [0, 0.1) is 0 Å². The molecule has 0 aromatic heterocycles. The van der Waals surface area contributed by atoms with E-state index in [-0.39, 0.29) is 5.91 Å². The zero-order valence-corrected chi connectivity index (χ0v) is 11.9. The van der Waals surface area contributed by atoms with Gasteiger partial charge < -0.3 is 10.6 Å². The highest BCUT2D eigenvalue weighted by Gasteiger charge is 2.16. The van der Waals surface area contributed by atoms with Gasteiger partial charge in [-0.05, 0) is 24.6 Å². The van der Waals surface area contributed by atoms with E-state index in [0.29, 0.717) is 6.54 Å². The zero-order valence-electron chi connectivity index (χ0n) is 10.3. The maximum Gasteiger partial charge on any atom is 0.231 e. The van der Waals surface area contributed by atoms with Crippen LogP contribution in [-0.4, -0.2) is 43.5 Å². The van der Waals surface area contributed by atoms with Crippen LogP contribution in [0.5, 0.6) is 0 Å². The summed E-state index contributed by atoms with van der Waals surface area (Å²) >= 11 is 3.49. The third kappa shape index (κ3) is 3.71. The molecule has 0 bridgehead atoms. The molecular weight excluding hydrogens is 294 g/mol. The summed E-state index contributed by atoms with van der Waals surface area (Å²) < 4.78 is 1.10. The first kappa shape index (κ1) is 13.4. The Balaban J connectivity index is 1.98. The van der Waals surface area contributed by atoms with Gasteiger partial charge in [0.05, 0.1) is 6.54 Å². The molecule has 1 aromatic carbocycles. The lowest BCUT2D eigenvalue weighted by Gasteiger charge is -2.23. The first-order valence-electron chi connectivity index (χ1n) is 6.16. The Hall–Kier alpha value is -1.07. The highest BCUT2D eigenvalue weighted by molar-refractivity contribution is 9.10. The third-order valence-electron chi connectivity index (χ3n) is 3.14. The molecule has 98 valence electrons. The van der Waals surface area contributed by atoms with Crippen LogP contribution in [0.2, 0.25) is 0 Å². The smallest absolute Gasteiger partial charge is 0.231 e. The number of nitrogens with zero attached hydrogens (tertiary/aromatic N) is 2. The first-order valence-corrected chi connectivity index (χ1v) is 6.95. The fourth-order valence-corrected chi connectivity index (χ4v) is 2.67. The van der Waals surface area contributed by atoms with E-state index in [1.165, 1.54) is 5.69 Å². The summed E-state index contributed by atoms with van der Waals surface area (Å²) in [5, 5.41) is 0. The lowest BCUT2D eigenvalue weighted by atomic mass is 10.2. The molecule has 1 aliphatic rings. The second-order valence-electron chi connectivity index (χ2n) is 4.56. The van der Waals surface area contributed by atoms with Crippen molar-refractivity contribution in [2.24, 2.45) is 5.73 Å².